The zero-order valence-corrected chi connectivity index (χ0v) is 5.89. The van der Waals surface area contributed by atoms with Crippen LogP contribution in [0.5, 0.6) is 0 Å². The third kappa shape index (κ3) is 4.41. The van der Waals surface area contributed by atoms with Crippen molar-refractivity contribution in [3.8, 4) is 0 Å². The Hall–Kier alpha value is -0.0936. The summed E-state index contributed by atoms with van der Waals surface area (Å²) in [6, 6.07) is 0. The van der Waals surface area contributed by atoms with Gasteiger partial charge in [0.2, 0.25) is 0 Å². The van der Waals surface area contributed by atoms with Gasteiger partial charge >= 0.3 is 19.8 Å². The van der Waals surface area contributed by atoms with Crippen LogP contribution in [0.15, 0.2) is 0 Å². The Bertz CT molecular complexity index is 80.2. The molecule has 1 N–H and O–H groups in total. The summed E-state index contributed by atoms with van der Waals surface area (Å²) in [6.07, 6.45) is 0. The summed E-state index contributed by atoms with van der Waals surface area (Å²) in [7, 11) is 7.40. The van der Waals surface area contributed by atoms with E-state index in [2.05, 4.69) is 0 Å². The first kappa shape index (κ1) is 11.7. The molecular weight excluding hydrogens is 172 g/mol. The maximum atomic E-state index is 7.25. The molecular formula is C5H16GaN3. The van der Waals surface area contributed by atoms with Crippen LogP contribution in [0, 0.1) is 5.41 Å². The third-order valence-corrected chi connectivity index (χ3v) is 0.847. The van der Waals surface area contributed by atoms with Gasteiger partial charge in [-0.1, -0.05) is 0 Å². The maximum absolute atomic E-state index is 7.25. The summed E-state index contributed by atoms with van der Waals surface area (Å²) in [5.74, 6) is 0.519. The summed E-state index contributed by atoms with van der Waals surface area (Å²) in [4.78, 5) is 3.50. The molecule has 0 saturated carbocycles. The van der Waals surface area contributed by atoms with Gasteiger partial charge < -0.3 is 9.80 Å². The predicted molar refractivity (Wildman–Crippen MR) is 45.0 cm³/mol. The van der Waals surface area contributed by atoms with Crippen LogP contribution in [0.3, 0.4) is 0 Å². The number of nitrogens with zero attached hydrogens (tertiary/aromatic N) is 2. The van der Waals surface area contributed by atoms with Crippen molar-refractivity contribution in [2.24, 2.45) is 0 Å². The van der Waals surface area contributed by atoms with Gasteiger partial charge in [0.15, 0.2) is 5.96 Å². The van der Waals surface area contributed by atoms with E-state index in [-0.39, 0.29) is 19.8 Å². The Morgan fingerprint density at radius 1 is 1.00 bits per heavy atom. The Kier molecular flexibility index (Phi) is 6.17. The van der Waals surface area contributed by atoms with E-state index in [0.717, 1.165) is 0 Å². The molecule has 0 bridgehead atoms. The quantitative estimate of drug-likeness (QED) is 0.296. The Morgan fingerprint density at radius 2 is 1.22 bits per heavy atom. The van der Waals surface area contributed by atoms with Crippen molar-refractivity contribution in [1.29, 1.82) is 5.41 Å². The number of rotatable bonds is 0. The monoisotopic (exact) mass is 187 g/mol. The Labute approximate surface area is 69.6 Å². The molecule has 0 fully saturated rings. The third-order valence-electron chi connectivity index (χ3n) is 0.847. The molecule has 0 spiro atoms. The first-order chi connectivity index (χ1) is 3.55. The van der Waals surface area contributed by atoms with Crippen LogP contribution in [-0.4, -0.2) is 63.7 Å². The Balaban J connectivity index is 0. The summed E-state index contributed by atoms with van der Waals surface area (Å²) in [5, 5.41) is 7.25. The molecule has 0 aromatic rings. The van der Waals surface area contributed by atoms with Gasteiger partial charge in [0.25, 0.3) is 0 Å². The average molecular weight is 188 g/mol. The normalized spacial score (nSPS) is 7.56. The molecule has 0 unspecified atom stereocenters. The second kappa shape index (κ2) is 4.75. The molecule has 0 amide bonds. The molecule has 0 aliphatic rings. The van der Waals surface area contributed by atoms with Crippen molar-refractivity contribution in [2.75, 3.05) is 28.2 Å². The summed E-state index contributed by atoms with van der Waals surface area (Å²) < 4.78 is 0. The second-order valence-electron chi connectivity index (χ2n) is 2.11. The molecule has 0 aliphatic heterocycles. The van der Waals surface area contributed by atoms with E-state index in [1.165, 1.54) is 0 Å². The van der Waals surface area contributed by atoms with E-state index in [0.29, 0.717) is 5.96 Å². The minimum absolute atomic E-state index is 0. The topological polar surface area (TPSA) is 30.3 Å². The van der Waals surface area contributed by atoms with Crippen molar-refractivity contribution in [2.45, 2.75) is 0 Å². The van der Waals surface area contributed by atoms with Crippen molar-refractivity contribution in [3.63, 3.8) is 0 Å². The predicted octanol–water partition coefficient (Wildman–Crippen LogP) is -1.14. The van der Waals surface area contributed by atoms with Gasteiger partial charge in [-0.05, 0) is 0 Å². The van der Waals surface area contributed by atoms with Gasteiger partial charge in [0.05, 0.1) is 0 Å². The van der Waals surface area contributed by atoms with Crippen LogP contribution >= 0.6 is 0 Å². The number of nitrogens with one attached hydrogen (secondary N) is 1. The van der Waals surface area contributed by atoms with Gasteiger partial charge in [0, 0.05) is 28.2 Å². The van der Waals surface area contributed by atoms with Crippen LogP contribution in [0.4, 0.5) is 0 Å². The average Bonchev–Trinajstić information content (AvgIpc) is 1.64. The zero-order valence-electron chi connectivity index (χ0n) is 5.89. The fraction of sp³-hybridized carbons (Fsp3) is 0.800. The van der Waals surface area contributed by atoms with E-state index in [1.54, 1.807) is 9.80 Å². The molecule has 0 rings (SSSR count). The first-order valence-electron chi connectivity index (χ1n) is 2.49. The van der Waals surface area contributed by atoms with E-state index < -0.39 is 0 Å². The molecule has 0 aromatic carbocycles. The first-order valence-corrected chi connectivity index (χ1v) is 2.49. The van der Waals surface area contributed by atoms with Gasteiger partial charge in [-0.3, -0.25) is 5.41 Å². The molecule has 0 aromatic heterocycles. The molecule has 0 heterocycles. The number of hydrogen-bond acceptors (Lipinski definition) is 1. The molecule has 9 heavy (non-hydrogen) atoms. The fourth-order valence-electron chi connectivity index (χ4n) is 0.400. The van der Waals surface area contributed by atoms with Crippen molar-refractivity contribution >= 4 is 25.7 Å². The number of guanidine groups is 1. The molecule has 3 nitrogen and oxygen atoms in total. The van der Waals surface area contributed by atoms with Gasteiger partial charge in [0.1, 0.15) is 0 Å². The fourth-order valence-corrected chi connectivity index (χ4v) is 0.400. The van der Waals surface area contributed by atoms with Crippen LogP contribution in [0.2, 0.25) is 0 Å². The Morgan fingerprint density at radius 3 is 1.22 bits per heavy atom. The van der Waals surface area contributed by atoms with Crippen molar-refractivity contribution in [3.05, 3.63) is 0 Å². The van der Waals surface area contributed by atoms with Crippen LogP contribution < -0.4 is 0 Å². The van der Waals surface area contributed by atoms with Gasteiger partial charge in [-0.2, -0.15) is 0 Å². The van der Waals surface area contributed by atoms with E-state index in [9.17, 15) is 0 Å². The summed E-state index contributed by atoms with van der Waals surface area (Å²) in [5.41, 5.74) is 0. The minimum atomic E-state index is 0. The van der Waals surface area contributed by atoms with E-state index in [1.807, 2.05) is 28.2 Å². The molecule has 54 valence electrons. The van der Waals surface area contributed by atoms with Crippen LogP contribution in [0.25, 0.3) is 0 Å². The van der Waals surface area contributed by atoms with Crippen LogP contribution in [0.1, 0.15) is 0 Å². The molecule has 0 aliphatic carbocycles. The van der Waals surface area contributed by atoms with E-state index >= 15 is 0 Å². The van der Waals surface area contributed by atoms with Crippen LogP contribution in [-0.2, 0) is 0 Å². The molecule has 0 saturated heterocycles. The standard InChI is InChI=1S/C5H13N3.Ga.3H/c1-7(2)5(6)8(3)4;;;;/h6H,1-4H3;;;;. The number of hydrogen-bond donors (Lipinski definition) is 1. The van der Waals surface area contributed by atoms with Gasteiger partial charge in [-0.25, -0.2) is 0 Å². The molecule has 0 atom stereocenters. The summed E-state index contributed by atoms with van der Waals surface area (Å²) >= 11 is 0. The SMILES string of the molecule is CN(C)C(=N)N(C)C.[GaH3]. The zero-order chi connectivity index (χ0) is 6.73. The van der Waals surface area contributed by atoms with Crippen molar-refractivity contribution < 1.29 is 0 Å². The summed E-state index contributed by atoms with van der Waals surface area (Å²) in [6.45, 7) is 0. The molecule has 4 heteroatoms. The molecule has 0 radical (unpaired) electrons. The second-order valence-corrected chi connectivity index (χ2v) is 2.11. The van der Waals surface area contributed by atoms with Gasteiger partial charge in [-0.15, -0.1) is 0 Å². The van der Waals surface area contributed by atoms with E-state index in [4.69, 9.17) is 5.41 Å². The van der Waals surface area contributed by atoms with Crippen molar-refractivity contribution in [1.82, 2.24) is 9.80 Å².